The molecular formula is C16H26N2OS. The molecule has 0 spiro atoms. The Bertz CT molecular complexity index is 410. The molecule has 1 heterocycles. The van der Waals surface area contributed by atoms with Crippen molar-refractivity contribution in [3.8, 4) is 0 Å². The first kappa shape index (κ1) is 15.8. The van der Waals surface area contributed by atoms with E-state index in [0.29, 0.717) is 6.54 Å². The number of β-amino-alcohol motifs (C(OH)–C–C–N with tert-alkyl or cyclic N) is 1. The fourth-order valence-electron chi connectivity index (χ4n) is 2.69. The number of nitrogens with two attached hydrogens (primary N) is 1. The molecule has 2 atom stereocenters. The maximum Gasteiger partial charge on any atom is 0.0820 e. The van der Waals surface area contributed by atoms with Crippen LogP contribution in [-0.4, -0.2) is 52.3 Å². The number of hydrogen-bond acceptors (Lipinski definition) is 4. The van der Waals surface area contributed by atoms with E-state index >= 15 is 0 Å². The quantitative estimate of drug-likeness (QED) is 0.868. The van der Waals surface area contributed by atoms with E-state index in [2.05, 4.69) is 30.9 Å². The summed E-state index contributed by atoms with van der Waals surface area (Å²) in [6.07, 6.45) is 0.266. The minimum Gasteiger partial charge on any atom is -0.390 e. The molecule has 1 aliphatic heterocycles. The minimum absolute atomic E-state index is 0.199. The smallest absolute Gasteiger partial charge is 0.0820 e. The molecule has 20 heavy (non-hydrogen) atoms. The average Bonchev–Trinajstić information content (AvgIpc) is 2.38. The molecule has 0 aromatic heterocycles. The molecule has 0 saturated carbocycles. The van der Waals surface area contributed by atoms with Gasteiger partial charge in [0, 0.05) is 36.2 Å². The zero-order valence-corrected chi connectivity index (χ0v) is 13.3. The SMILES string of the molecule is CC1(C)CN(CC(O)C(N)Cc2ccccc2)CCS1. The van der Waals surface area contributed by atoms with Crippen LogP contribution in [0, 0.1) is 0 Å². The molecule has 1 aromatic carbocycles. The first-order valence-corrected chi connectivity index (χ1v) is 8.29. The summed E-state index contributed by atoms with van der Waals surface area (Å²) in [5.41, 5.74) is 7.34. The van der Waals surface area contributed by atoms with Crippen LogP contribution in [0.5, 0.6) is 0 Å². The Morgan fingerprint density at radius 1 is 1.35 bits per heavy atom. The van der Waals surface area contributed by atoms with Crippen molar-refractivity contribution >= 4 is 11.8 Å². The van der Waals surface area contributed by atoms with Gasteiger partial charge >= 0.3 is 0 Å². The third-order valence-electron chi connectivity index (χ3n) is 3.76. The van der Waals surface area contributed by atoms with Crippen molar-refractivity contribution in [1.29, 1.82) is 0 Å². The van der Waals surface area contributed by atoms with Crippen LogP contribution in [0.25, 0.3) is 0 Å². The van der Waals surface area contributed by atoms with Gasteiger partial charge in [-0.15, -0.1) is 0 Å². The number of rotatable bonds is 5. The molecule has 0 aliphatic carbocycles. The molecular weight excluding hydrogens is 268 g/mol. The zero-order chi connectivity index (χ0) is 14.6. The van der Waals surface area contributed by atoms with E-state index in [-0.39, 0.29) is 10.8 Å². The van der Waals surface area contributed by atoms with Crippen LogP contribution in [-0.2, 0) is 6.42 Å². The molecule has 1 aliphatic rings. The molecule has 0 amide bonds. The highest BCUT2D eigenvalue weighted by atomic mass is 32.2. The molecule has 4 heteroatoms. The van der Waals surface area contributed by atoms with Crippen molar-refractivity contribution in [2.24, 2.45) is 5.73 Å². The fraction of sp³-hybridized carbons (Fsp3) is 0.625. The summed E-state index contributed by atoms with van der Waals surface area (Å²) in [5.74, 6) is 1.13. The largest absolute Gasteiger partial charge is 0.390 e. The van der Waals surface area contributed by atoms with Gasteiger partial charge in [0.05, 0.1) is 6.10 Å². The molecule has 1 aromatic rings. The number of aliphatic hydroxyl groups excluding tert-OH is 1. The van der Waals surface area contributed by atoms with Crippen LogP contribution < -0.4 is 5.73 Å². The Labute approximate surface area is 126 Å². The highest BCUT2D eigenvalue weighted by molar-refractivity contribution is 8.00. The van der Waals surface area contributed by atoms with Gasteiger partial charge in [-0.05, 0) is 25.8 Å². The summed E-state index contributed by atoms with van der Waals surface area (Å²) in [6, 6.07) is 9.95. The Morgan fingerprint density at radius 2 is 2.05 bits per heavy atom. The average molecular weight is 294 g/mol. The first-order chi connectivity index (χ1) is 9.46. The van der Waals surface area contributed by atoms with Crippen molar-refractivity contribution in [1.82, 2.24) is 4.90 Å². The van der Waals surface area contributed by atoms with Gasteiger partial charge in [-0.25, -0.2) is 0 Å². The second kappa shape index (κ2) is 6.94. The van der Waals surface area contributed by atoms with Crippen molar-refractivity contribution in [3.05, 3.63) is 35.9 Å². The highest BCUT2D eigenvalue weighted by Crippen LogP contribution is 2.29. The van der Waals surface area contributed by atoms with E-state index in [1.165, 1.54) is 5.56 Å². The first-order valence-electron chi connectivity index (χ1n) is 7.30. The van der Waals surface area contributed by atoms with Gasteiger partial charge < -0.3 is 10.8 Å². The third-order valence-corrected chi connectivity index (χ3v) is 5.06. The topological polar surface area (TPSA) is 49.5 Å². The molecule has 0 radical (unpaired) electrons. The van der Waals surface area contributed by atoms with Crippen molar-refractivity contribution < 1.29 is 5.11 Å². The number of aliphatic hydroxyl groups is 1. The monoisotopic (exact) mass is 294 g/mol. The Hall–Kier alpha value is -0.550. The molecule has 1 saturated heterocycles. The van der Waals surface area contributed by atoms with E-state index in [0.717, 1.165) is 25.3 Å². The summed E-state index contributed by atoms with van der Waals surface area (Å²) >= 11 is 2.01. The Kier molecular flexibility index (Phi) is 5.49. The molecule has 3 N–H and O–H groups in total. The summed E-state index contributed by atoms with van der Waals surface area (Å²) in [5, 5.41) is 10.3. The predicted octanol–water partition coefficient (Wildman–Crippen LogP) is 1.74. The lowest BCUT2D eigenvalue weighted by atomic mass is 10.0. The van der Waals surface area contributed by atoms with Crippen LogP contribution in [0.1, 0.15) is 19.4 Å². The second-order valence-corrected chi connectivity index (χ2v) is 8.07. The molecule has 112 valence electrons. The van der Waals surface area contributed by atoms with Gasteiger partial charge in [-0.1, -0.05) is 30.3 Å². The van der Waals surface area contributed by atoms with Gasteiger partial charge in [-0.2, -0.15) is 11.8 Å². The zero-order valence-electron chi connectivity index (χ0n) is 12.5. The molecule has 0 bridgehead atoms. The summed E-state index contributed by atoms with van der Waals surface area (Å²) < 4.78 is 0.279. The van der Waals surface area contributed by atoms with Crippen LogP contribution in [0.2, 0.25) is 0 Å². The number of thioether (sulfide) groups is 1. The van der Waals surface area contributed by atoms with Crippen LogP contribution >= 0.6 is 11.8 Å². The molecule has 3 nitrogen and oxygen atoms in total. The summed E-state index contributed by atoms with van der Waals surface area (Å²) in [7, 11) is 0. The van der Waals surface area contributed by atoms with Gasteiger partial charge in [0.25, 0.3) is 0 Å². The lowest BCUT2D eigenvalue weighted by molar-refractivity contribution is 0.0886. The van der Waals surface area contributed by atoms with Gasteiger partial charge in [0.1, 0.15) is 0 Å². The van der Waals surface area contributed by atoms with Crippen molar-refractivity contribution in [3.63, 3.8) is 0 Å². The predicted molar refractivity (Wildman–Crippen MR) is 87.1 cm³/mol. The maximum atomic E-state index is 10.3. The van der Waals surface area contributed by atoms with Crippen LogP contribution in [0.15, 0.2) is 30.3 Å². The van der Waals surface area contributed by atoms with E-state index in [9.17, 15) is 5.11 Å². The Morgan fingerprint density at radius 3 is 2.70 bits per heavy atom. The number of benzene rings is 1. The van der Waals surface area contributed by atoms with Crippen molar-refractivity contribution in [2.45, 2.75) is 37.2 Å². The third kappa shape index (κ3) is 4.77. The minimum atomic E-state index is -0.464. The summed E-state index contributed by atoms with van der Waals surface area (Å²) in [4.78, 5) is 2.34. The fourth-order valence-corrected chi connectivity index (χ4v) is 3.87. The van der Waals surface area contributed by atoms with Gasteiger partial charge in [0.15, 0.2) is 0 Å². The van der Waals surface area contributed by atoms with E-state index < -0.39 is 6.10 Å². The van der Waals surface area contributed by atoms with E-state index in [4.69, 9.17) is 5.73 Å². The van der Waals surface area contributed by atoms with Crippen molar-refractivity contribution in [2.75, 3.05) is 25.4 Å². The lowest BCUT2D eigenvalue weighted by Gasteiger charge is -2.39. The summed E-state index contributed by atoms with van der Waals surface area (Å²) in [6.45, 7) is 7.27. The Balaban J connectivity index is 1.83. The number of nitrogens with zero attached hydrogens (tertiary/aromatic N) is 1. The van der Waals surface area contributed by atoms with E-state index in [1.54, 1.807) is 0 Å². The maximum absolute atomic E-state index is 10.3. The van der Waals surface area contributed by atoms with Gasteiger partial charge in [-0.3, -0.25) is 4.90 Å². The lowest BCUT2D eigenvalue weighted by Crippen LogP contribution is -2.50. The second-order valence-electron chi connectivity index (χ2n) is 6.26. The van der Waals surface area contributed by atoms with E-state index in [1.807, 2.05) is 30.0 Å². The molecule has 2 rings (SSSR count). The van der Waals surface area contributed by atoms with Crippen LogP contribution in [0.4, 0.5) is 0 Å². The highest BCUT2D eigenvalue weighted by Gasteiger charge is 2.29. The van der Waals surface area contributed by atoms with Crippen LogP contribution in [0.3, 0.4) is 0 Å². The normalized spacial score (nSPS) is 22.4. The standard InChI is InChI=1S/C16H26N2OS/c1-16(2)12-18(8-9-20-16)11-15(19)14(17)10-13-6-4-3-5-7-13/h3-7,14-15,19H,8-12,17H2,1-2H3. The van der Waals surface area contributed by atoms with Gasteiger partial charge in [0.2, 0.25) is 0 Å². The molecule has 1 fully saturated rings. The molecule has 2 unspecified atom stereocenters. The number of hydrogen-bond donors (Lipinski definition) is 2.